The summed E-state index contributed by atoms with van der Waals surface area (Å²) in [6.45, 7) is 17.6. The molecule has 0 rings (SSSR count). The molecule has 0 heterocycles. The molecule has 0 radical (unpaired) electrons. The summed E-state index contributed by atoms with van der Waals surface area (Å²) in [6.07, 6.45) is 42.1. The van der Waals surface area contributed by atoms with Crippen LogP contribution in [0.1, 0.15) is 234 Å². The highest BCUT2D eigenvalue weighted by molar-refractivity contribution is 6.60. The quantitative estimate of drug-likeness (QED) is 0.0358. The van der Waals surface area contributed by atoms with Gasteiger partial charge in [0.15, 0.2) is 0 Å². The van der Waals surface area contributed by atoms with Crippen LogP contribution in [0.15, 0.2) is 0 Å². The molecule has 296 valence electrons. The molecule has 0 bridgehead atoms. The molecule has 0 saturated carbocycles. The van der Waals surface area contributed by atoms with Crippen molar-refractivity contribution in [1.82, 2.24) is 0 Å². The van der Waals surface area contributed by atoms with Crippen LogP contribution >= 0.6 is 0 Å². The molecule has 0 atom stereocenters. The monoisotopic (exact) mass is 713 g/mol. The Morgan fingerprint density at radius 3 is 0.837 bits per heavy atom. The van der Waals surface area contributed by atoms with E-state index in [0.717, 1.165) is 70.8 Å². The van der Waals surface area contributed by atoms with Crippen LogP contribution in [0, 0.1) is 0 Å². The van der Waals surface area contributed by atoms with E-state index in [0.29, 0.717) is 0 Å². The van der Waals surface area contributed by atoms with Gasteiger partial charge in [-0.1, -0.05) is 182 Å². The molecule has 0 aromatic heterocycles. The van der Waals surface area contributed by atoms with Gasteiger partial charge in [-0.25, -0.2) is 0 Å². The van der Waals surface area contributed by atoms with Gasteiger partial charge in [0.1, 0.15) is 0 Å². The predicted octanol–water partition coefficient (Wildman–Crippen LogP) is 14.6. The molecular formula is C44H94NO3Si+. The summed E-state index contributed by atoms with van der Waals surface area (Å²) in [4.78, 5) is 0. The summed E-state index contributed by atoms with van der Waals surface area (Å²) in [5.41, 5.74) is 0. The van der Waals surface area contributed by atoms with E-state index in [2.05, 4.69) is 41.7 Å². The zero-order valence-corrected chi connectivity index (χ0v) is 36.0. The molecule has 0 aliphatic carbocycles. The Balaban J connectivity index is 4.90. The first-order valence-electron chi connectivity index (χ1n) is 22.8. The molecule has 0 spiro atoms. The lowest BCUT2D eigenvalue weighted by Crippen LogP contribution is -2.50. The van der Waals surface area contributed by atoms with Crippen molar-refractivity contribution in [3.8, 4) is 0 Å². The first-order valence-corrected chi connectivity index (χ1v) is 24.7. The molecule has 0 saturated heterocycles. The van der Waals surface area contributed by atoms with E-state index in [9.17, 15) is 0 Å². The molecule has 4 nitrogen and oxygen atoms in total. The summed E-state index contributed by atoms with van der Waals surface area (Å²) in [5, 5.41) is 0. The third-order valence-corrected chi connectivity index (χ3v) is 13.6. The van der Waals surface area contributed by atoms with Crippen LogP contribution in [0.25, 0.3) is 0 Å². The Kier molecular flexibility index (Phi) is 37.8. The van der Waals surface area contributed by atoms with Crippen LogP contribution in [0.2, 0.25) is 6.04 Å². The molecule has 0 amide bonds. The number of nitrogens with zero attached hydrogens (tertiary/aromatic N) is 1. The number of hydrogen-bond acceptors (Lipinski definition) is 3. The van der Waals surface area contributed by atoms with Gasteiger partial charge in [-0.05, 0) is 44.9 Å². The van der Waals surface area contributed by atoms with Crippen molar-refractivity contribution in [3.05, 3.63) is 0 Å². The van der Waals surface area contributed by atoms with Gasteiger partial charge in [-0.2, -0.15) is 0 Å². The smallest absolute Gasteiger partial charge is 0.373 e. The van der Waals surface area contributed by atoms with Gasteiger partial charge in [-0.15, -0.1) is 0 Å². The standard InChI is InChI=1S/C44H94NO3Si/c1-7-12-17-19-21-23-25-27-29-31-33-35-38-45(6,39-36-34-32-30-28-26-24-22-20-18-13-8-2)40-37-44-49(46-41-14-9-3,47-42-15-10-4)48-43-16-11-5/h7-44H2,1-6H3/q+1. The fourth-order valence-corrected chi connectivity index (χ4v) is 9.78. The lowest BCUT2D eigenvalue weighted by molar-refractivity contribution is -0.910. The highest BCUT2D eigenvalue weighted by Gasteiger charge is 2.41. The van der Waals surface area contributed by atoms with Crippen molar-refractivity contribution in [2.45, 2.75) is 240 Å². The number of rotatable bonds is 42. The van der Waals surface area contributed by atoms with Gasteiger partial charge < -0.3 is 17.8 Å². The molecule has 49 heavy (non-hydrogen) atoms. The third-order valence-electron chi connectivity index (χ3n) is 10.7. The normalized spacial score (nSPS) is 12.4. The lowest BCUT2D eigenvalue weighted by Gasteiger charge is -2.36. The Morgan fingerprint density at radius 2 is 0.551 bits per heavy atom. The minimum Gasteiger partial charge on any atom is -0.373 e. The summed E-state index contributed by atoms with van der Waals surface area (Å²) in [7, 11) is -0.0931. The molecular weight excluding hydrogens is 619 g/mol. The summed E-state index contributed by atoms with van der Waals surface area (Å²) >= 11 is 0. The second-order valence-electron chi connectivity index (χ2n) is 16.0. The van der Waals surface area contributed by atoms with Gasteiger partial charge >= 0.3 is 8.80 Å². The Labute approximate surface area is 311 Å². The SMILES string of the molecule is CCCCCCCCCCCCCC[N+](C)(CCCCCCCCCCCCCC)CCC[Si](OCCCC)(OCCCC)OCCCC. The first kappa shape index (κ1) is 49.1. The number of hydrogen-bond donors (Lipinski definition) is 0. The molecule has 0 unspecified atom stereocenters. The molecule has 0 aromatic rings. The van der Waals surface area contributed by atoms with E-state index in [4.69, 9.17) is 13.3 Å². The van der Waals surface area contributed by atoms with Gasteiger partial charge in [0, 0.05) is 32.3 Å². The van der Waals surface area contributed by atoms with Gasteiger partial charge in [-0.3, -0.25) is 0 Å². The average Bonchev–Trinajstić information content (AvgIpc) is 3.09. The second-order valence-corrected chi connectivity index (χ2v) is 18.7. The second kappa shape index (κ2) is 37.8. The lowest BCUT2D eigenvalue weighted by atomic mass is 10.0. The van der Waals surface area contributed by atoms with Crippen LogP contribution in [0.3, 0.4) is 0 Å². The van der Waals surface area contributed by atoms with E-state index >= 15 is 0 Å². The fourth-order valence-electron chi connectivity index (χ4n) is 7.14. The molecule has 0 aliphatic heterocycles. The molecule has 0 aromatic carbocycles. The van der Waals surface area contributed by atoms with Crippen molar-refractivity contribution in [1.29, 1.82) is 0 Å². The number of unbranched alkanes of at least 4 members (excludes halogenated alkanes) is 25. The van der Waals surface area contributed by atoms with E-state index in [1.54, 1.807) is 0 Å². The van der Waals surface area contributed by atoms with Crippen LogP contribution < -0.4 is 0 Å². The van der Waals surface area contributed by atoms with Crippen molar-refractivity contribution < 1.29 is 17.8 Å². The maximum absolute atomic E-state index is 6.62. The van der Waals surface area contributed by atoms with Crippen LogP contribution in [0.4, 0.5) is 0 Å². The van der Waals surface area contributed by atoms with Crippen LogP contribution in [-0.2, 0) is 13.3 Å². The minimum atomic E-state index is -2.66. The van der Waals surface area contributed by atoms with E-state index in [1.165, 1.54) is 178 Å². The first-order chi connectivity index (χ1) is 24.0. The summed E-state index contributed by atoms with van der Waals surface area (Å²) in [6, 6.07) is 0.981. The van der Waals surface area contributed by atoms with Crippen molar-refractivity contribution in [3.63, 3.8) is 0 Å². The van der Waals surface area contributed by atoms with Gasteiger partial charge in [0.05, 0.1) is 26.7 Å². The Bertz CT molecular complexity index is 579. The molecule has 0 fully saturated rings. The Morgan fingerprint density at radius 1 is 0.306 bits per heavy atom. The van der Waals surface area contributed by atoms with Crippen LogP contribution in [0.5, 0.6) is 0 Å². The van der Waals surface area contributed by atoms with Crippen molar-refractivity contribution in [2.24, 2.45) is 0 Å². The molecule has 0 aliphatic rings. The van der Waals surface area contributed by atoms with Gasteiger partial charge in [0.2, 0.25) is 0 Å². The number of quaternary nitrogens is 1. The third kappa shape index (κ3) is 32.4. The van der Waals surface area contributed by atoms with Crippen molar-refractivity contribution >= 4 is 8.80 Å². The maximum atomic E-state index is 6.62. The van der Waals surface area contributed by atoms with Gasteiger partial charge in [0.25, 0.3) is 0 Å². The zero-order chi connectivity index (χ0) is 36.0. The predicted molar refractivity (Wildman–Crippen MR) is 221 cm³/mol. The van der Waals surface area contributed by atoms with E-state index in [1.807, 2.05) is 0 Å². The summed E-state index contributed by atoms with van der Waals surface area (Å²) in [5.74, 6) is 0. The van der Waals surface area contributed by atoms with E-state index < -0.39 is 8.80 Å². The van der Waals surface area contributed by atoms with Crippen molar-refractivity contribution in [2.75, 3.05) is 46.5 Å². The average molecular weight is 713 g/mol. The molecule has 5 heteroatoms. The maximum Gasteiger partial charge on any atom is 0.501 e. The fraction of sp³-hybridized carbons (Fsp3) is 1.00. The topological polar surface area (TPSA) is 27.7 Å². The highest BCUT2D eigenvalue weighted by Crippen LogP contribution is 2.23. The largest absolute Gasteiger partial charge is 0.501 e. The zero-order valence-electron chi connectivity index (χ0n) is 35.0. The summed E-state index contributed by atoms with van der Waals surface area (Å²) < 4.78 is 21.1. The van der Waals surface area contributed by atoms with Crippen LogP contribution in [-0.4, -0.2) is 59.8 Å². The Hall–Kier alpha value is 0.0569. The molecule has 0 N–H and O–H groups in total. The minimum absolute atomic E-state index is 0.783. The van der Waals surface area contributed by atoms with E-state index in [-0.39, 0.29) is 0 Å². The highest BCUT2D eigenvalue weighted by atomic mass is 28.4.